The minimum atomic E-state index is -0.740. The quantitative estimate of drug-likeness (QED) is 0.140. The average Bonchev–Trinajstić information content (AvgIpc) is 3.32. The van der Waals surface area contributed by atoms with Gasteiger partial charge in [0.25, 0.3) is 0 Å². The molecular formula is C29H17ClO8. The molecule has 8 nitrogen and oxygen atoms in total. The van der Waals surface area contributed by atoms with Gasteiger partial charge >= 0.3 is 17.2 Å². The van der Waals surface area contributed by atoms with Crippen molar-refractivity contribution >= 4 is 50.5 Å². The van der Waals surface area contributed by atoms with E-state index in [0.29, 0.717) is 50.3 Å². The summed E-state index contributed by atoms with van der Waals surface area (Å²) in [4.78, 5) is 38.1. The summed E-state index contributed by atoms with van der Waals surface area (Å²) in [6.07, 6.45) is 0. The number of carbonyl (C=O) groups excluding carboxylic acids is 1. The molecule has 38 heavy (non-hydrogen) atoms. The lowest BCUT2D eigenvalue weighted by molar-refractivity contribution is 0.0704. The largest absolute Gasteiger partial charge is 0.490 e. The van der Waals surface area contributed by atoms with Crippen molar-refractivity contribution in [2.45, 2.75) is 6.92 Å². The van der Waals surface area contributed by atoms with Gasteiger partial charge in [-0.3, -0.25) is 0 Å². The van der Waals surface area contributed by atoms with E-state index in [4.69, 9.17) is 34.3 Å². The Morgan fingerprint density at radius 3 is 2.55 bits per heavy atom. The van der Waals surface area contributed by atoms with Crippen LogP contribution in [0.2, 0.25) is 5.02 Å². The van der Waals surface area contributed by atoms with Crippen molar-refractivity contribution in [3.8, 4) is 22.6 Å². The summed E-state index contributed by atoms with van der Waals surface area (Å²) in [6, 6.07) is 19.2. The van der Waals surface area contributed by atoms with Crippen LogP contribution in [0.1, 0.15) is 17.5 Å². The summed E-state index contributed by atoms with van der Waals surface area (Å²) in [5.41, 5.74) is 0.0903. The Morgan fingerprint density at radius 1 is 0.842 bits per heavy atom. The predicted molar refractivity (Wildman–Crippen MR) is 141 cm³/mol. The van der Waals surface area contributed by atoms with Crippen LogP contribution in [0.15, 0.2) is 95.6 Å². The zero-order chi connectivity index (χ0) is 26.4. The standard InChI is InChI=1S/C29H17ClO8/c1-2-34-23-5-3-4-15-11-21(28(32)38-27(15)23)20-14-26(31)37-24-13-18(7-8-19(20)24)35-29(33)25-12-16-10-17(30)6-9-22(16)36-25/h3-14H,2H2,1H3. The Labute approximate surface area is 218 Å². The molecule has 0 radical (unpaired) electrons. The first-order valence-corrected chi connectivity index (χ1v) is 12.0. The maximum atomic E-state index is 13.0. The van der Waals surface area contributed by atoms with E-state index in [1.165, 1.54) is 24.3 Å². The highest BCUT2D eigenvalue weighted by molar-refractivity contribution is 6.31. The minimum absolute atomic E-state index is 0.0160. The lowest BCUT2D eigenvalue weighted by Gasteiger charge is -2.09. The van der Waals surface area contributed by atoms with Crippen LogP contribution in [0, 0.1) is 0 Å². The van der Waals surface area contributed by atoms with Crippen LogP contribution < -0.4 is 20.7 Å². The van der Waals surface area contributed by atoms with E-state index in [-0.39, 0.29) is 22.7 Å². The van der Waals surface area contributed by atoms with Gasteiger partial charge in [-0.15, -0.1) is 0 Å². The van der Waals surface area contributed by atoms with E-state index in [2.05, 4.69) is 0 Å². The van der Waals surface area contributed by atoms with E-state index < -0.39 is 17.2 Å². The van der Waals surface area contributed by atoms with Crippen molar-refractivity contribution in [1.29, 1.82) is 0 Å². The van der Waals surface area contributed by atoms with Gasteiger partial charge in [0.15, 0.2) is 11.3 Å². The van der Waals surface area contributed by atoms with Crippen molar-refractivity contribution in [1.82, 2.24) is 0 Å². The molecule has 0 saturated heterocycles. The van der Waals surface area contributed by atoms with E-state index >= 15 is 0 Å². The molecule has 3 aromatic carbocycles. The van der Waals surface area contributed by atoms with Crippen LogP contribution in [0.25, 0.3) is 44.0 Å². The SMILES string of the molecule is CCOc1cccc2cc(-c3cc(=O)oc4cc(OC(=O)c5cc6cc(Cl)ccc6o5)ccc34)c(=O)oc12. The number of halogens is 1. The molecule has 0 aliphatic carbocycles. The molecule has 3 aromatic heterocycles. The summed E-state index contributed by atoms with van der Waals surface area (Å²) < 4.78 is 27.5. The fraction of sp³-hybridized carbons (Fsp3) is 0.0690. The van der Waals surface area contributed by atoms with Crippen LogP contribution in [-0.4, -0.2) is 12.6 Å². The molecule has 6 aromatic rings. The molecule has 0 spiro atoms. The Balaban J connectivity index is 1.39. The Hall–Kier alpha value is -4.82. The number of benzene rings is 3. The average molecular weight is 529 g/mol. The highest BCUT2D eigenvalue weighted by Crippen LogP contribution is 2.32. The second-order valence-electron chi connectivity index (χ2n) is 8.37. The van der Waals surface area contributed by atoms with E-state index in [1.807, 2.05) is 6.92 Å². The van der Waals surface area contributed by atoms with Gasteiger partial charge < -0.3 is 22.7 Å². The number of hydrogen-bond acceptors (Lipinski definition) is 8. The first-order chi connectivity index (χ1) is 18.4. The Morgan fingerprint density at radius 2 is 1.71 bits per heavy atom. The van der Waals surface area contributed by atoms with Gasteiger partial charge in [0.05, 0.1) is 12.2 Å². The Bertz CT molecular complexity index is 2000. The molecule has 3 heterocycles. The van der Waals surface area contributed by atoms with Gasteiger partial charge in [0, 0.05) is 38.9 Å². The predicted octanol–water partition coefficient (Wildman–Crippen LogP) is 6.58. The van der Waals surface area contributed by atoms with E-state index in [1.54, 1.807) is 48.5 Å². The maximum absolute atomic E-state index is 13.0. The van der Waals surface area contributed by atoms with Crippen molar-refractivity contribution < 1.29 is 27.5 Å². The normalized spacial score (nSPS) is 11.3. The van der Waals surface area contributed by atoms with Gasteiger partial charge in [-0.2, -0.15) is 0 Å². The van der Waals surface area contributed by atoms with Gasteiger partial charge in [-0.05, 0) is 55.5 Å². The summed E-state index contributed by atoms with van der Waals surface area (Å²) in [5, 5.41) is 2.25. The van der Waals surface area contributed by atoms with Crippen LogP contribution in [0.3, 0.4) is 0 Å². The first-order valence-electron chi connectivity index (χ1n) is 11.6. The topological polar surface area (TPSA) is 109 Å². The monoisotopic (exact) mass is 528 g/mol. The third kappa shape index (κ3) is 4.21. The molecule has 0 aliphatic rings. The number of furan rings is 1. The van der Waals surface area contributed by atoms with Crippen LogP contribution in [0.5, 0.6) is 11.5 Å². The van der Waals surface area contributed by atoms with Crippen LogP contribution >= 0.6 is 11.6 Å². The van der Waals surface area contributed by atoms with Gasteiger partial charge in [0.2, 0.25) is 5.76 Å². The molecule has 0 amide bonds. The zero-order valence-electron chi connectivity index (χ0n) is 19.8. The van der Waals surface area contributed by atoms with Gasteiger partial charge in [-0.25, -0.2) is 14.4 Å². The molecule has 9 heteroatoms. The number of hydrogen-bond donors (Lipinski definition) is 0. The zero-order valence-corrected chi connectivity index (χ0v) is 20.5. The number of rotatable bonds is 5. The molecule has 6 rings (SSSR count). The third-order valence-corrected chi connectivity index (χ3v) is 6.16. The molecule has 0 bridgehead atoms. The molecule has 0 N–H and O–H groups in total. The smallest absolute Gasteiger partial charge is 0.379 e. The fourth-order valence-corrected chi connectivity index (χ4v) is 4.46. The van der Waals surface area contributed by atoms with Crippen molar-refractivity contribution in [2.75, 3.05) is 6.61 Å². The molecular weight excluding hydrogens is 512 g/mol. The highest BCUT2D eigenvalue weighted by Gasteiger charge is 2.18. The minimum Gasteiger partial charge on any atom is -0.490 e. The number of para-hydroxylation sites is 1. The molecule has 0 aliphatic heterocycles. The molecule has 188 valence electrons. The summed E-state index contributed by atoms with van der Waals surface area (Å²) in [5.74, 6) is -0.188. The summed E-state index contributed by atoms with van der Waals surface area (Å²) >= 11 is 6.00. The van der Waals surface area contributed by atoms with Gasteiger partial charge in [-0.1, -0.05) is 23.7 Å². The van der Waals surface area contributed by atoms with Crippen LogP contribution in [-0.2, 0) is 0 Å². The third-order valence-electron chi connectivity index (χ3n) is 5.92. The lowest BCUT2D eigenvalue weighted by atomic mass is 10.0. The Kier molecular flexibility index (Phi) is 5.73. The number of esters is 1. The van der Waals surface area contributed by atoms with Crippen molar-refractivity contribution in [3.05, 3.63) is 104 Å². The number of ether oxygens (including phenoxy) is 2. The number of carbonyl (C=O) groups is 1. The first kappa shape index (κ1) is 23.6. The van der Waals surface area contributed by atoms with Crippen molar-refractivity contribution in [3.63, 3.8) is 0 Å². The lowest BCUT2D eigenvalue weighted by Crippen LogP contribution is -2.08. The maximum Gasteiger partial charge on any atom is 0.379 e. The van der Waals surface area contributed by atoms with Crippen LogP contribution in [0.4, 0.5) is 0 Å². The molecule has 0 unspecified atom stereocenters. The number of fused-ring (bicyclic) bond motifs is 3. The summed E-state index contributed by atoms with van der Waals surface area (Å²) in [7, 11) is 0. The summed E-state index contributed by atoms with van der Waals surface area (Å²) in [6.45, 7) is 2.24. The molecule has 0 fully saturated rings. The molecule has 0 atom stereocenters. The highest BCUT2D eigenvalue weighted by atomic mass is 35.5. The second kappa shape index (κ2) is 9.24. The fourth-order valence-electron chi connectivity index (χ4n) is 4.28. The van der Waals surface area contributed by atoms with Gasteiger partial charge in [0.1, 0.15) is 16.9 Å². The van der Waals surface area contributed by atoms with E-state index in [0.717, 1.165) is 0 Å². The van der Waals surface area contributed by atoms with Crippen molar-refractivity contribution in [2.24, 2.45) is 0 Å². The second-order valence-corrected chi connectivity index (χ2v) is 8.81. The van der Waals surface area contributed by atoms with E-state index in [9.17, 15) is 14.4 Å². The molecule has 0 saturated carbocycles.